The van der Waals surface area contributed by atoms with E-state index < -0.39 is 0 Å². The van der Waals surface area contributed by atoms with Crippen molar-refractivity contribution in [2.75, 3.05) is 0 Å². The van der Waals surface area contributed by atoms with Crippen LogP contribution >= 0.6 is 0 Å². The van der Waals surface area contributed by atoms with E-state index >= 15 is 0 Å². The van der Waals surface area contributed by atoms with Gasteiger partial charge in [-0.15, -0.1) is 10.2 Å². The van der Waals surface area contributed by atoms with Crippen LogP contribution in [-0.4, -0.2) is 14.8 Å². The van der Waals surface area contributed by atoms with Crippen LogP contribution in [0.15, 0.2) is 24.3 Å². The molecule has 1 aromatic heterocycles. The number of aromatic nitrogens is 3. The maximum absolute atomic E-state index is 4.16. The molecule has 0 aliphatic carbocycles. The normalized spacial score (nSPS) is 9.56. The lowest BCUT2D eigenvalue weighted by Crippen LogP contribution is -1.96. The first-order valence-corrected chi connectivity index (χ1v) is 5.62. The zero-order valence-electron chi connectivity index (χ0n) is 10.7. The van der Waals surface area contributed by atoms with Crippen molar-refractivity contribution in [3.63, 3.8) is 0 Å². The van der Waals surface area contributed by atoms with E-state index in [2.05, 4.69) is 29.3 Å². The maximum atomic E-state index is 4.16. The van der Waals surface area contributed by atoms with Crippen molar-refractivity contribution < 1.29 is 0 Å². The van der Waals surface area contributed by atoms with E-state index in [4.69, 9.17) is 0 Å². The van der Waals surface area contributed by atoms with Gasteiger partial charge in [-0.2, -0.15) is 0 Å². The monoisotopic (exact) mass is 217 g/mol. The number of benzene rings is 1. The zero-order chi connectivity index (χ0) is 12.1. The van der Waals surface area contributed by atoms with Crippen LogP contribution in [0.2, 0.25) is 0 Å². The highest BCUT2D eigenvalue weighted by molar-refractivity contribution is 5.59. The van der Waals surface area contributed by atoms with Crippen LogP contribution in [0.3, 0.4) is 0 Å². The summed E-state index contributed by atoms with van der Waals surface area (Å²) in [6.07, 6.45) is 0. The molecule has 2 rings (SSSR count). The van der Waals surface area contributed by atoms with E-state index in [0.717, 1.165) is 17.2 Å². The molecule has 0 bridgehead atoms. The molecule has 0 N–H and O–H groups in total. The highest BCUT2D eigenvalue weighted by Gasteiger charge is 2.08. The Morgan fingerprint density at radius 3 is 2.12 bits per heavy atom. The second-order valence-corrected chi connectivity index (χ2v) is 3.44. The Balaban J connectivity index is 0.000000606. The van der Waals surface area contributed by atoms with Crippen LogP contribution in [0.4, 0.5) is 0 Å². The van der Waals surface area contributed by atoms with Gasteiger partial charge in [0.25, 0.3) is 0 Å². The Morgan fingerprint density at radius 1 is 1.00 bits per heavy atom. The highest BCUT2D eigenvalue weighted by Crippen LogP contribution is 2.20. The van der Waals surface area contributed by atoms with E-state index in [1.807, 2.05) is 44.5 Å². The van der Waals surface area contributed by atoms with E-state index in [-0.39, 0.29) is 0 Å². The molecule has 3 nitrogen and oxygen atoms in total. The predicted molar refractivity (Wildman–Crippen MR) is 67.3 cm³/mol. The van der Waals surface area contributed by atoms with Crippen LogP contribution < -0.4 is 0 Å². The summed E-state index contributed by atoms with van der Waals surface area (Å²) >= 11 is 0. The van der Waals surface area contributed by atoms with Crippen molar-refractivity contribution >= 4 is 0 Å². The minimum atomic E-state index is 0.931. The van der Waals surface area contributed by atoms with Crippen molar-refractivity contribution in [3.05, 3.63) is 35.7 Å². The molecule has 0 aliphatic heterocycles. The number of rotatable bonds is 1. The Labute approximate surface area is 97.1 Å². The summed E-state index contributed by atoms with van der Waals surface area (Å²) in [5.74, 6) is 1.86. The quantitative estimate of drug-likeness (QED) is 0.734. The lowest BCUT2D eigenvalue weighted by atomic mass is 10.1. The first kappa shape index (κ1) is 12.4. The topological polar surface area (TPSA) is 30.7 Å². The lowest BCUT2D eigenvalue weighted by Gasteiger charge is -2.04. The van der Waals surface area contributed by atoms with Gasteiger partial charge in [-0.1, -0.05) is 38.1 Å². The second kappa shape index (κ2) is 5.45. The summed E-state index contributed by atoms with van der Waals surface area (Å²) in [6.45, 7) is 8.04. The fourth-order valence-electron chi connectivity index (χ4n) is 1.47. The average molecular weight is 217 g/mol. The molecule has 0 spiro atoms. The number of hydrogen-bond donors (Lipinski definition) is 0. The molecule has 2 aromatic rings. The molecular formula is C13H19N3. The van der Waals surface area contributed by atoms with Gasteiger partial charge in [0, 0.05) is 12.6 Å². The van der Waals surface area contributed by atoms with Gasteiger partial charge in [0.05, 0.1) is 0 Å². The fraction of sp³-hybridized carbons (Fsp3) is 0.385. The van der Waals surface area contributed by atoms with Gasteiger partial charge in [0.2, 0.25) is 0 Å². The summed E-state index contributed by atoms with van der Waals surface area (Å²) in [4.78, 5) is 0. The molecule has 0 fully saturated rings. The van der Waals surface area contributed by atoms with Crippen molar-refractivity contribution in [2.45, 2.75) is 27.7 Å². The molecule has 0 saturated heterocycles. The Bertz CT molecular complexity index is 458. The third-order valence-electron chi connectivity index (χ3n) is 2.48. The smallest absolute Gasteiger partial charge is 0.163 e. The van der Waals surface area contributed by atoms with Crippen molar-refractivity contribution in [1.82, 2.24) is 14.8 Å². The van der Waals surface area contributed by atoms with Gasteiger partial charge in [0.15, 0.2) is 5.82 Å². The van der Waals surface area contributed by atoms with Gasteiger partial charge < -0.3 is 4.57 Å². The van der Waals surface area contributed by atoms with Crippen LogP contribution in [0.25, 0.3) is 11.4 Å². The van der Waals surface area contributed by atoms with Gasteiger partial charge in [-0.3, -0.25) is 0 Å². The summed E-state index contributed by atoms with van der Waals surface area (Å²) in [5.41, 5.74) is 2.37. The number of aryl methyl sites for hydroxylation is 2. The molecule has 16 heavy (non-hydrogen) atoms. The van der Waals surface area contributed by atoms with Gasteiger partial charge in [0.1, 0.15) is 5.82 Å². The van der Waals surface area contributed by atoms with Crippen LogP contribution in [0.5, 0.6) is 0 Å². The summed E-state index contributed by atoms with van der Waals surface area (Å²) in [6, 6.07) is 8.20. The molecule has 0 amide bonds. The highest BCUT2D eigenvalue weighted by atomic mass is 15.3. The van der Waals surface area contributed by atoms with E-state index in [1.54, 1.807) is 0 Å². The standard InChI is InChI=1S/C11H13N3.C2H6/c1-8-6-4-5-7-10(8)11-13-12-9(2)14(11)3;1-2/h4-7H,1-3H3;1-2H3. The molecule has 0 aliphatic rings. The summed E-state index contributed by atoms with van der Waals surface area (Å²) in [7, 11) is 1.98. The minimum absolute atomic E-state index is 0.931. The van der Waals surface area contributed by atoms with Crippen LogP contribution in [-0.2, 0) is 7.05 Å². The number of hydrogen-bond acceptors (Lipinski definition) is 2. The van der Waals surface area contributed by atoms with E-state index in [9.17, 15) is 0 Å². The molecular weight excluding hydrogens is 198 g/mol. The average Bonchev–Trinajstić information content (AvgIpc) is 2.64. The van der Waals surface area contributed by atoms with Crippen LogP contribution in [0.1, 0.15) is 25.2 Å². The molecule has 3 heteroatoms. The molecule has 0 unspecified atom stereocenters. The fourth-order valence-corrected chi connectivity index (χ4v) is 1.47. The second-order valence-electron chi connectivity index (χ2n) is 3.44. The number of nitrogens with zero attached hydrogens (tertiary/aromatic N) is 3. The van der Waals surface area contributed by atoms with Gasteiger partial charge in [-0.25, -0.2) is 0 Å². The first-order valence-electron chi connectivity index (χ1n) is 5.62. The minimum Gasteiger partial charge on any atom is -0.314 e. The summed E-state index contributed by atoms with van der Waals surface area (Å²) < 4.78 is 2.00. The van der Waals surface area contributed by atoms with E-state index in [1.165, 1.54) is 5.56 Å². The predicted octanol–water partition coefficient (Wildman–Crippen LogP) is 3.13. The third kappa shape index (κ3) is 2.30. The lowest BCUT2D eigenvalue weighted by molar-refractivity contribution is 0.864. The molecule has 1 heterocycles. The Morgan fingerprint density at radius 2 is 1.62 bits per heavy atom. The van der Waals surface area contributed by atoms with Crippen molar-refractivity contribution in [2.24, 2.45) is 7.05 Å². The summed E-state index contributed by atoms with van der Waals surface area (Å²) in [5, 5.41) is 8.21. The maximum Gasteiger partial charge on any atom is 0.163 e. The Hall–Kier alpha value is -1.64. The van der Waals surface area contributed by atoms with Gasteiger partial charge in [-0.05, 0) is 19.4 Å². The van der Waals surface area contributed by atoms with E-state index in [0.29, 0.717) is 0 Å². The third-order valence-corrected chi connectivity index (χ3v) is 2.48. The largest absolute Gasteiger partial charge is 0.314 e. The SMILES string of the molecule is CC.Cc1ccccc1-c1nnc(C)n1C. The molecule has 1 aromatic carbocycles. The zero-order valence-corrected chi connectivity index (χ0v) is 10.7. The van der Waals surface area contributed by atoms with Crippen molar-refractivity contribution in [1.29, 1.82) is 0 Å². The molecule has 0 atom stereocenters. The van der Waals surface area contributed by atoms with Crippen molar-refractivity contribution in [3.8, 4) is 11.4 Å². The van der Waals surface area contributed by atoms with Gasteiger partial charge >= 0.3 is 0 Å². The molecule has 0 saturated carbocycles. The first-order chi connectivity index (χ1) is 7.70. The van der Waals surface area contributed by atoms with Crippen LogP contribution in [0, 0.1) is 13.8 Å². The molecule has 86 valence electrons. The molecule has 0 radical (unpaired) electrons. The Kier molecular flexibility index (Phi) is 4.23.